The minimum atomic E-state index is 0.620. The molecule has 0 amide bonds. The second-order valence-corrected chi connectivity index (χ2v) is 11.3. The molecule has 0 radical (unpaired) electrons. The maximum absolute atomic E-state index is 9.33. The summed E-state index contributed by atoms with van der Waals surface area (Å²) in [5, 5.41) is 11.7. The van der Waals surface area contributed by atoms with Gasteiger partial charge in [-0.25, -0.2) is 9.97 Å². The topological polar surface area (TPSA) is 54.5 Å². The summed E-state index contributed by atoms with van der Waals surface area (Å²) < 4.78 is 2.42. The number of fused-ring (bicyclic) bond motifs is 8. The summed E-state index contributed by atoms with van der Waals surface area (Å²) in [6.07, 6.45) is 0. The summed E-state index contributed by atoms with van der Waals surface area (Å²) in [6.45, 7) is 0. The molecule has 4 heteroatoms. The van der Waals surface area contributed by atoms with Crippen LogP contribution in [0.2, 0.25) is 0 Å². The molecule has 6 aromatic carbocycles. The van der Waals surface area contributed by atoms with Gasteiger partial charge in [-0.1, -0.05) is 103 Å². The Kier molecular flexibility index (Phi) is 5.53. The first-order valence-corrected chi connectivity index (χ1v) is 15.0. The van der Waals surface area contributed by atoms with E-state index in [1.807, 2.05) is 48.5 Å². The quantitative estimate of drug-likeness (QED) is 0.212. The number of nitriles is 1. The molecule has 0 N–H and O–H groups in total. The van der Waals surface area contributed by atoms with Crippen LogP contribution in [0.15, 0.2) is 146 Å². The minimum Gasteiger partial charge on any atom is -0.308 e. The average molecular weight is 573 g/mol. The van der Waals surface area contributed by atoms with Gasteiger partial charge in [0.05, 0.1) is 39.7 Å². The van der Waals surface area contributed by atoms with E-state index in [1.165, 1.54) is 38.8 Å². The van der Waals surface area contributed by atoms with Gasteiger partial charge in [0.1, 0.15) is 0 Å². The van der Waals surface area contributed by atoms with E-state index in [-0.39, 0.29) is 0 Å². The van der Waals surface area contributed by atoms with Gasteiger partial charge in [0.15, 0.2) is 5.82 Å². The smallest absolute Gasteiger partial charge is 0.160 e. The minimum absolute atomic E-state index is 0.620. The van der Waals surface area contributed by atoms with Gasteiger partial charge >= 0.3 is 0 Å². The third kappa shape index (κ3) is 3.92. The van der Waals surface area contributed by atoms with E-state index >= 15 is 0 Å². The normalized spacial score (nSPS) is 11.5. The van der Waals surface area contributed by atoms with Crippen molar-refractivity contribution in [1.29, 1.82) is 5.26 Å². The van der Waals surface area contributed by atoms with Crippen molar-refractivity contribution in [2.45, 2.75) is 0 Å². The van der Waals surface area contributed by atoms with E-state index in [1.54, 1.807) is 0 Å². The van der Waals surface area contributed by atoms with Gasteiger partial charge in [-0.3, -0.25) is 0 Å². The van der Waals surface area contributed by atoms with Gasteiger partial charge in [-0.05, 0) is 53.6 Å². The number of nitrogens with zero attached hydrogens (tertiary/aromatic N) is 4. The molecule has 0 bridgehead atoms. The lowest BCUT2D eigenvalue weighted by molar-refractivity contribution is 1.18. The van der Waals surface area contributed by atoms with Crippen LogP contribution in [-0.4, -0.2) is 14.5 Å². The van der Waals surface area contributed by atoms with E-state index in [0.717, 1.165) is 39.0 Å². The maximum Gasteiger partial charge on any atom is 0.160 e. The Labute approximate surface area is 260 Å². The van der Waals surface area contributed by atoms with Crippen LogP contribution < -0.4 is 0 Å². The van der Waals surface area contributed by atoms with Gasteiger partial charge in [0.25, 0.3) is 0 Å². The van der Waals surface area contributed by atoms with Crippen molar-refractivity contribution in [2.24, 2.45) is 0 Å². The van der Waals surface area contributed by atoms with E-state index < -0.39 is 0 Å². The molecule has 0 atom stereocenters. The lowest BCUT2D eigenvalue weighted by Crippen LogP contribution is -1.97. The van der Waals surface area contributed by atoms with Crippen LogP contribution in [0, 0.1) is 11.3 Å². The van der Waals surface area contributed by atoms with Crippen LogP contribution >= 0.6 is 0 Å². The number of aromatic nitrogens is 3. The molecular formula is C41H24N4. The summed E-state index contributed by atoms with van der Waals surface area (Å²) in [7, 11) is 0. The van der Waals surface area contributed by atoms with Crippen molar-refractivity contribution in [2.75, 3.05) is 0 Å². The van der Waals surface area contributed by atoms with E-state index in [4.69, 9.17) is 9.97 Å². The Balaban J connectivity index is 1.30. The second-order valence-electron chi connectivity index (χ2n) is 11.3. The predicted octanol–water partition coefficient (Wildman–Crippen LogP) is 10.1. The number of rotatable bonds is 3. The molecule has 45 heavy (non-hydrogen) atoms. The number of para-hydroxylation sites is 2. The Morgan fingerprint density at radius 1 is 0.489 bits per heavy atom. The summed E-state index contributed by atoms with van der Waals surface area (Å²) >= 11 is 0. The zero-order valence-corrected chi connectivity index (χ0v) is 24.1. The summed E-state index contributed by atoms with van der Waals surface area (Å²) in [5.74, 6) is 0.660. The Morgan fingerprint density at radius 3 is 1.87 bits per heavy atom. The number of hydrogen-bond acceptors (Lipinski definition) is 3. The first kappa shape index (κ1) is 25.2. The van der Waals surface area contributed by atoms with Crippen LogP contribution in [0.3, 0.4) is 0 Å². The fourth-order valence-corrected chi connectivity index (χ4v) is 6.72. The molecule has 9 rings (SSSR count). The van der Waals surface area contributed by atoms with E-state index in [9.17, 15) is 5.26 Å². The molecule has 8 aromatic rings. The van der Waals surface area contributed by atoms with Crippen LogP contribution in [0.25, 0.3) is 83.6 Å². The van der Waals surface area contributed by atoms with Crippen molar-refractivity contribution >= 4 is 21.8 Å². The van der Waals surface area contributed by atoms with Gasteiger partial charge in [-0.15, -0.1) is 0 Å². The van der Waals surface area contributed by atoms with Crippen LogP contribution in [0.5, 0.6) is 0 Å². The SMILES string of the molecule is N#Cc1ccc(-c2cc(-c3ccccc3)nc(-c3ccc4c(c3)c3cccc5c3n4-c3ccccc3-c3ccccc3-5)n2)cc1. The monoisotopic (exact) mass is 572 g/mol. The van der Waals surface area contributed by atoms with Crippen LogP contribution in [0.4, 0.5) is 0 Å². The lowest BCUT2D eigenvalue weighted by atomic mass is 9.93. The van der Waals surface area contributed by atoms with Gasteiger partial charge in [0.2, 0.25) is 0 Å². The summed E-state index contributed by atoms with van der Waals surface area (Å²) in [5.41, 5.74) is 13.7. The Bertz CT molecular complexity index is 2480. The lowest BCUT2D eigenvalue weighted by Gasteiger charge is -2.12. The standard InChI is InChI=1S/C41H24N4/c42-25-26-17-19-28(20-18-26)37-24-36(27-9-2-1-3-10-27)43-41(44-37)29-21-22-39-35(23-29)34-15-8-14-33-31-12-5-4-11-30(31)32-13-6-7-16-38(32)45(39)40(33)34/h1-24H. The summed E-state index contributed by atoms with van der Waals surface area (Å²) in [4.78, 5) is 10.2. The zero-order valence-electron chi connectivity index (χ0n) is 24.1. The molecule has 0 saturated carbocycles. The van der Waals surface area contributed by atoms with Crippen molar-refractivity contribution in [3.8, 4) is 67.9 Å². The highest BCUT2D eigenvalue weighted by Crippen LogP contribution is 2.46. The predicted molar refractivity (Wildman–Crippen MR) is 182 cm³/mol. The first-order chi connectivity index (χ1) is 22.3. The molecule has 0 aliphatic carbocycles. The molecule has 0 fully saturated rings. The molecule has 0 spiro atoms. The Hall–Kier alpha value is -6.31. The van der Waals surface area contributed by atoms with E-state index in [2.05, 4.69) is 108 Å². The second kappa shape index (κ2) is 9.87. The fourth-order valence-electron chi connectivity index (χ4n) is 6.72. The number of benzene rings is 6. The zero-order chi connectivity index (χ0) is 29.9. The third-order valence-corrected chi connectivity index (χ3v) is 8.80. The summed E-state index contributed by atoms with van der Waals surface area (Å²) in [6, 6.07) is 52.6. The van der Waals surface area contributed by atoms with Crippen molar-refractivity contribution in [3.05, 3.63) is 151 Å². The molecule has 1 aliphatic heterocycles. The van der Waals surface area contributed by atoms with Crippen LogP contribution in [0.1, 0.15) is 5.56 Å². The largest absolute Gasteiger partial charge is 0.308 e. The first-order valence-electron chi connectivity index (χ1n) is 15.0. The molecule has 0 saturated heterocycles. The molecule has 4 nitrogen and oxygen atoms in total. The maximum atomic E-state index is 9.33. The molecule has 0 unspecified atom stereocenters. The average Bonchev–Trinajstić information content (AvgIpc) is 3.39. The molecular weight excluding hydrogens is 548 g/mol. The fraction of sp³-hybridized carbons (Fsp3) is 0. The molecule has 1 aliphatic rings. The van der Waals surface area contributed by atoms with Gasteiger partial charge in [-0.2, -0.15) is 5.26 Å². The molecule has 3 heterocycles. The molecule has 2 aromatic heterocycles. The van der Waals surface area contributed by atoms with Gasteiger partial charge in [0, 0.05) is 38.6 Å². The molecule has 208 valence electrons. The third-order valence-electron chi connectivity index (χ3n) is 8.80. The van der Waals surface area contributed by atoms with Crippen LogP contribution in [-0.2, 0) is 0 Å². The highest BCUT2D eigenvalue weighted by molar-refractivity contribution is 6.17. The van der Waals surface area contributed by atoms with E-state index in [0.29, 0.717) is 11.4 Å². The van der Waals surface area contributed by atoms with Crippen molar-refractivity contribution in [3.63, 3.8) is 0 Å². The Morgan fingerprint density at radius 2 is 1.11 bits per heavy atom. The highest BCUT2D eigenvalue weighted by Gasteiger charge is 2.24. The van der Waals surface area contributed by atoms with Gasteiger partial charge < -0.3 is 4.57 Å². The highest BCUT2D eigenvalue weighted by atomic mass is 15.0. The number of hydrogen-bond donors (Lipinski definition) is 0. The van der Waals surface area contributed by atoms with Crippen molar-refractivity contribution < 1.29 is 0 Å². The van der Waals surface area contributed by atoms with Crippen molar-refractivity contribution in [1.82, 2.24) is 14.5 Å².